The summed E-state index contributed by atoms with van der Waals surface area (Å²) in [6, 6.07) is 33.4. The molecule has 4 aromatic rings. The van der Waals surface area contributed by atoms with Crippen LogP contribution >= 0.6 is 0 Å². The minimum absolute atomic E-state index is 0.558. The second-order valence-electron chi connectivity index (χ2n) is 10.8. The zero-order valence-corrected chi connectivity index (χ0v) is 18.2. The second kappa shape index (κ2) is 5.84. The van der Waals surface area contributed by atoms with Gasteiger partial charge in [-0.2, -0.15) is 0 Å². The normalized spacial score (nSPS) is 33.1. The van der Waals surface area contributed by atoms with Crippen LogP contribution in [0, 0.1) is 23.2 Å². The number of benzene rings is 4. The maximum Gasteiger partial charge on any atom is 0.0384 e. The Hall–Kier alpha value is -3.06. The molecule has 1 nitrogen and oxygen atoms in total. The Balaban J connectivity index is 1.03. The molecular weight excluding hydrogens is 386 g/mol. The first-order valence-corrected chi connectivity index (χ1v) is 12.2. The van der Waals surface area contributed by atoms with Gasteiger partial charge in [-0.3, -0.25) is 0 Å². The van der Waals surface area contributed by atoms with Crippen molar-refractivity contribution < 1.29 is 0 Å². The average molecular weight is 414 g/mol. The molecule has 156 valence electrons. The van der Waals surface area contributed by atoms with E-state index < -0.39 is 0 Å². The van der Waals surface area contributed by atoms with Crippen LogP contribution in [0.25, 0.3) is 21.9 Å². The number of hydrogen-bond acceptors (Lipinski definition) is 1. The summed E-state index contributed by atoms with van der Waals surface area (Å²) in [5.74, 6) is 3.20. The monoisotopic (exact) mass is 413 g/mol. The minimum Gasteiger partial charge on any atom is -0.356 e. The molecule has 1 N–H and O–H groups in total. The molecule has 4 fully saturated rings. The Morgan fingerprint density at radius 2 is 1.28 bits per heavy atom. The summed E-state index contributed by atoms with van der Waals surface area (Å²) in [5.41, 5.74) is 7.82. The first kappa shape index (κ1) is 17.5. The van der Waals surface area contributed by atoms with Crippen molar-refractivity contribution in [2.24, 2.45) is 23.2 Å². The van der Waals surface area contributed by atoms with Crippen LogP contribution in [-0.2, 0) is 5.41 Å². The lowest BCUT2D eigenvalue weighted by Crippen LogP contribution is -2.87. The molecule has 4 aliphatic carbocycles. The van der Waals surface area contributed by atoms with E-state index in [2.05, 4.69) is 96.3 Å². The maximum atomic E-state index is 3.61. The average Bonchev–Trinajstić information content (AvgIpc) is 2.78. The van der Waals surface area contributed by atoms with Crippen molar-refractivity contribution in [1.29, 1.82) is 0 Å². The summed E-state index contributed by atoms with van der Waals surface area (Å²) >= 11 is 0. The third-order valence-corrected chi connectivity index (χ3v) is 9.89. The predicted octanol–water partition coefficient (Wildman–Crippen LogP) is 7.94. The number of anilines is 2. The van der Waals surface area contributed by atoms with Crippen molar-refractivity contribution in [1.82, 2.24) is 0 Å². The Morgan fingerprint density at radius 1 is 0.625 bits per heavy atom. The Morgan fingerprint density at radius 3 is 1.97 bits per heavy atom. The van der Waals surface area contributed by atoms with Crippen molar-refractivity contribution >= 4 is 22.1 Å². The molecule has 1 spiro atoms. The van der Waals surface area contributed by atoms with Gasteiger partial charge in [-0.25, -0.2) is 0 Å². The lowest BCUT2D eigenvalue weighted by Gasteiger charge is -2.91. The van der Waals surface area contributed by atoms with E-state index in [1.165, 1.54) is 53.3 Å². The molecule has 0 aromatic heterocycles. The highest BCUT2D eigenvalue weighted by Gasteiger charge is 2.87. The number of rotatable bonds is 4. The van der Waals surface area contributed by atoms with Crippen LogP contribution in [0.2, 0.25) is 0 Å². The van der Waals surface area contributed by atoms with E-state index >= 15 is 0 Å². The number of hydrogen-bond donors (Lipinski definition) is 1. The van der Waals surface area contributed by atoms with E-state index in [9.17, 15) is 0 Å². The molecule has 0 aliphatic heterocycles. The molecule has 0 saturated heterocycles. The highest BCUT2D eigenvalue weighted by Crippen LogP contribution is 2.92. The first-order valence-electron chi connectivity index (χ1n) is 12.2. The Labute approximate surface area is 189 Å². The van der Waals surface area contributed by atoms with Gasteiger partial charge in [-0.15, -0.1) is 0 Å². The molecule has 4 saturated carbocycles. The van der Waals surface area contributed by atoms with E-state index in [0.29, 0.717) is 5.41 Å². The van der Waals surface area contributed by atoms with Crippen LogP contribution in [0.4, 0.5) is 11.4 Å². The molecule has 4 aliphatic rings. The van der Waals surface area contributed by atoms with Gasteiger partial charge in [0.2, 0.25) is 0 Å². The lowest BCUT2D eigenvalue weighted by atomic mass is 9.12. The van der Waals surface area contributed by atoms with Crippen LogP contribution in [0.5, 0.6) is 0 Å². The van der Waals surface area contributed by atoms with E-state index in [1.54, 1.807) is 5.56 Å². The highest BCUT2D eigenvalue weighted by molar-refractivity contribution is 5.96. The van der Waals surface area contributed by atoms with Gasteiger partial charge in [0, 0.05) is 16.8 Å². The van der Waals surface area contributed by atoms with Gasteiger partial charge < -0.3 is 5.32 Å². The zero-order valence-electron chi connectivity index (χ0n) is 18.2. The topological polar surface area (TPSA) is 12.0 Å². The smallest absolute Gasteiger partial charge is 0.0384 e. The minimum atomic E-state index is 0.558. The molecule has 1 heteroatoms. The third-order valence-electron chi connectivity index (χ3n) is 9.89. The van der Waals surface area contributed by atoms with Gasteiger partial charge in [-0.1, -0.05) is 66.7 Å². The van der Waals surface area contributed by atoms with Crippen LogP contribution < -0.4 is 5.32 Å². The van der Waals surface area contributed by atoms with Crippen LogP contribution in [-0.4, -0.2) is 0 Å². The van der Waals surface area contributed by atoms with Crippen LogP contribution in [0.3, 0.4) is 0 Å². The Kier molecular flexibility index (Phi) is 3.19. The van der Waals surface area contributed by atoms with Crippen molar-refractivity contribution in [2.75, 3.05) is 5.32 Å². The first-order chi connectivity index (χ1) is 15.8. The third kappa shape index (κ3) is 1.93. The fourth-order valence-corrected chi connectivity index (χ4v) is 8.67. The van der Waals surface area contributed by atoms with E-state index in [4.69, 9.17) is 0 Å². The summed E-state index contributed by atoms with van der Waals surface area (Å²) in [5, 5.41) is 6.21. The van der Waals surface area contributed by atoms with E-state index in [1.807, 2.05) is 0 Å². The van der Waals surface area contributed by atoms with Gasteiger partial charge in [0.25, 0.3) is 0 Å². The molecule has 2 atom stereocenters. The predicted molar refractivity (Wildman–Crippen MR) is 132 cm³/mol. The van der Waals surface area contributed by atoms with Gasteiger partial charge in [-0.05, 0) is 101 Å². The largest absolute Gasteiger partial charge is 0.356 e. The van der Waals surface area contributed by atoms with Crippen LogP contribution in [0.1, 0.15) is 31.2 Å². The molecule has 0 bridgehead atoms. The standard InChI is InChI=1S/C31H27N/c1-2-6-28-20(4-1)5-3-7-29(28)21-8-12-26(13-9-21)32-27-14-10-22(11-15-27)30-18-24-16-23-17-25(19-30)31(23,24)30/h1-15,23-25,32H,16-19H2. The Bertz CT molecular complexity index is 1330. The summed E-state index contributed by atoms with van der Waals surface area (Å²) in [6.45, 7) is 0. The molecule has 8 rings (SSSR count). The maximum absolute atomic E-state index is 3.61. The summed E-state index contributed by atoms with van der Waals surface area (Å²) in [6.07, 6.45) is 5.99. The quantitative estimate of drug-likeness (QED) is 0.358. The van der Waals surface area contributed by atoms with Gasteiger partial charge in [0.1, 0.15) is 0 Å². The molecule has 4 aromatic carbocycles. The molecule has 0 amide bonds. The molecular formula is C31H27N. The molecule has 0 heterocycles. The molecule has 0 radical (unpaired) electrons. The lowest BCUT2D eigenvalue weighted by molar-refractivity contribution is -0.395. The summed E-state index contributed by atoms with van der Waals surface area (Å²) in [7, 11) is 0. The molecule has 2 unspecified atom stereocenters. The SMILES string of the molecule is c1ccc2c(-c3ccc(Nc4ccc(C56CC7CC8CC(C5)C876)cc4)cc3)cccc2c1. The zero-order chi connectivity index (χ0) is 20.9. The summed E-state index contributed by atoms with van der Waals surface area (Å²) in [4.78, 5) is 0. The number of nitrogens with one attached hydrogen (secondary N) is 1. The van der Waals surface area contributed by atoms with Crippen molar-refractivity contribution in [3.63, 3.8) is 0 Å². The van der Waals surface area contributed by atoms with Gasteiger partial charge >= 0.3 is 0 Å². The fraction of sp³-hybridized carbons (Fsp3) is 0.290. The van der Waals surface area contributed by atoms with Crippen molar-refractivity contribution in [3.05, 3.63) is 96.6 Å². The van der Waals surface area contributed by atoms with E-state index in [0.717, 1.165) is 28.9 Å². The van der Waals surface area contributed by atoms with Gasteiger partial charge in [0.15, 0.2) is 0 Å². The second-order valence-corrected chi connectivity index (χ2v) is 10.8. The van der Waals surface area contributed by atoms with Crippen molar-refractivity contribution in [2.45, 2.75) is 31.1 Å². The fourth-order valence-electron chi connectivity index (χ4n) is 8.67. The molecule has 32 heavy (non-hydrogen) atoms. The van der Waals surface area contributed by atoms with Crippen molar-refractivity contribution in [3.8, 4) is 11.1 Å². The van der Waals surface area contributed by atoms with Gasteiger partial charge in [0.05, 0.1) is 0 Å². The number of fused-ring (bicyclic) bond motifs is 1. The van der Waals surface area contributed by atoms with Crippen LogP contribution in [0.15, 0.2) is 91.0 Å². The van der Waals surface area contributed by atoms with E-state index in [-0.39, 0.29) is 0 Å². The summed E-state index contributed by atoms with van der Waals surface area (Å²) < 4.78 is 0. The highest BCUT2D eigenvalue weighted by atomic mass is 14.9.